The molecule has 196 valence electrons. The van der Waals surface area contributed by atoms with Gasteiger partial charge in [-0.25, -0.2) is 0 Å². The van der Waals surface area contributed by atoms with Crippen molar-refractivity contribution in [3.05, 3.63) is 0 Å². The molecule has 34 heavy (non-hydrogen) atoms. The maximum absolute atomic E-state index is 12.2. The molecular formula is C26H45NO6S. The SMILES string of the molecule is CC(CCC(=O)NCCS(=O)(=O)O)C1CCC2C3CC(O)C4CC(O)CCC4(C)C3CCC12C. The minimum absolute atomic E-state index is 0.0581. The molecule has 1 amide bonds. The number of fused-ring (bicyclic) bond motifs is 5. The molecule has 0 saturated heterocycles. The summed E-state index contributed by atoms with van der Waals surface area (Å²) in [6.45, 7) is 7.05. The average Bonchev–Trinajstić information content (AvgIpc) is 3.10. The summed E-state index contributed by atoms with van der Waals surface area (Å²) in [6.07, 6.45) is 8.84. The summed E-state index contributed by atoms with van der Waals surface area (Å²) in [5.41, 5.74) is 0.367. The first-order valence-electron chi connectivity index (χ1n) is 13.4. The first-order chi connectivity index (χ1) is 15.8. The van der Waals surface area contributed by atoms with Crippen molar-refractivity contribution in [3.63, 3.8) is 0 Å². The maximum atomic E-state index is 12.2. The van der Waals surface area contributed by atoms with Gasteiger partial charge in [0.2, 0.25) is 5.91 Å². The smallest absolute Gasteiger partial charge is 0.266 e. The molecule has 4 aliphatic rings. The summed E-state index contributed by atoms with van der Waals surface area (Å²) < 4.78 is 30.5. The maximum Gasteiger partial charge on any atom is 0.266 e. The number of nitrogens with one attached hydrogen (secondary N) is 1. The monoisotopic (exact) mass is 499 g/mol. The predicted octanol–water partition coefficient (Wildman–Crippen LogP) is 3.40. The molecule has 0 spiro atoms. The Labute approximate surface area is 205 Å². The first-order valence-corrected chi connectivity index (χ1v) is 15.0. The third-order valence-corrected chi connectivity index (χ3v) is 11.6. The summed E-state index contributed by atoms with van der Waals surface area (Å²) in [6, 6.07) is 0. The second kappa shape index (κ2) is 9.64. The lowest BCUT2D eigenvalue weighted by Gasteiger charge is -2.62. The van der Waals surface area contributed by atoms with E-state index in [1.165, 1.54) is 25.7 Å². The molecule has 7 nitrogen and oxygen atoms in total. The summed E-state index contributed by atoms with van der Waals surface area (Å²) in [4.78, 5) is 12.2. The van der Waals surface area contributed by atoms with Gasteiger partial charge in [-0.05, 0) is 104 Å². The summed E-state index contributed by atoms with van der Waals surface area (Å²) in [7, 11) is -4.06. The van der Waals surface area contributed by atoms with Crippen molar-refractivity contribution in [2.24, 2.45) is 46.3 Å². The van der Waals surface area contributed by atoms with Gasteiger partial charge in [-0.3, -0.25) is 9.35 Å². The molecule has 0 bridgehead atoms. The van der Waals surface area contributed by atoms with E-state index in [-0.39, 0.29) is 41.4 Å². The summed E-state index contributed by atoms with van der Waals surface area (Å²) in [5, 5.41) is 24.0. The van der Waals surface area contributed by atoms with E-state index < -0.39 is 15.9 Å². The van der Waals surface area contributed by atoms with Crippen LogP contribution in [-0.2, 0) is 14.9 Å². The number of aliphatic hydroxyl groups is 2. The Hall–Kier alpha value is -0.700. The molecule has 0 heterocycles. The van der Waals surface area contributed by atoms with Crippen LogP contribution in [0.1, 0.15) is 85.0 Å². The molecule has 0 aromatic carbocycles. The number of rotatable bonds is 7. The average molecular weight is 500 g/mol. The van der Waals surface area contributed by atoms with Crippen molar-refractivity contribution in [1.29, 1.82) is 0 Å². The van der Waals surface area contributed by atoms with Crippen LogP contribution < -0.4 is 5.32 Å². The third kappa shape index (κ3) is 4.94. The molecule has 0 aliphatic heterocycles. The molecule has 10 unspecified atom stereocenters. The largest absolute Gasteiger partial charge is 0.393 e. The van der Waals surface area contributed by atoms with E-state index in [9.17, 15) is 23.4 Å². The van der Waals surface area contributed by atoms with Crippen molar-refractivity contribution in [1.82, 2.24) is 5.32 Å². The van der Waals surface area contributed by atoms with E-state index in [1.807, 2.05) is 0 Å². The molecule has 4 N–H and O–H groups in total. The fourth-order valence-electron chi connectivity index (χ4n) is 9.22. The van der Waals surface area contributed by atoms with E-state index in [0.717, 1.165) is 32.1 Å². The van der Waals surface area contributed by atoms with Crippen molar-refractivity contribution >= 4 is 16.0 Å². The Morgan fingerprint density at radius 3 is 2.38 bits per heavy atom. The van der Waals surface area contributed by atoms with Gasteiger partial charge in [0.05, 0.1) is 18.0 Å². The van der Waals surface area contributed by atoms with E-state index in [1.54, 1.807) is 0 Å². The molecule has 0 aromatic heterocycles. The van der Waals surface area contributed by atoms with Gasteiger partial charge in [-0.15, -0.1) is 0 Å². The third-order valence-electron chi connectivity index (χ3n) is 10.9. The van der Waals surface area contributed by atoms with Crippen LogP contribution in [0.5, 0.6) is 0 Å². The zero-order chi connectivity index (χ0) is 24.9. The van der Waals surface area contributed by atoms with Gasteiger partial charge in [0.25, 0.3) is 10.1 Å². The highest BCUT2D eigenvalue weighted by Gasteiger charge is 2.62. The Morgan fingerprint density at radius 2 is 1.68 bits per heavy atom. The van der Waals surface area contributed by atoms with Crippen LogP contribution in [-0.4, -0.2) is 53.6 Å². The molecule has 4 aliphatic carbocycles. The van der Waals surface area contributed by atoms with Crippen LogP contribution in [0.3, 0.4) is 0 Å². The molecule has 4 saturated carbocycles. The number of carbonyl (C=O) groups is 1. The Balaban J connectivity index is 1.38. The Morgan fingerprint density at radius 1 is 1.00 bits per heavy atom. The molecular weight excluding hydrogens is 454 g/mol. The quantitative estimate of drug-likeness (QED) is 0.398. The van der Waals surface area contributed by atoms with Crippen LogP contribution in [0.25, 0.3) is 0 Å². The lowest BCUT2D eigenvalue weighted by atomic mass is 9.44. The van der Waals surface area contributed by atoms with Gasteiger partial charge in [-0.2, -0.15) is 8.42 Å². The molecule has 8 heteroatoms. The lowest BCUT2D eigenvalue weighted by molar-refractivity contribution is -0.172. The van der Waals surface area contributed by atoms with Gasteiger partial charge < -0.3 is 15.5 Å². The normalized spacial score (nSPS) is 45.1. The van der Waals surface area contributed by atoms with E-state index in [4.69, 9.17) is 4.55 Å². The molecule has 10 atom stereocenters. The van der Waals surface area contributed by atoms with Gasteiger partial charge >= 0.3 is 0 Å². The molecule has 4 rings (SSSR count). The first kappa shape index (κ1) is 26.4. The fourth-order valence-corrected chi connectivity index (χ4v) is 9.58. The van der Waals surface area contributed by atoms with Crippen LogP contribution >= 0.6 is 0 Å². The molecule has 0 radical (unpaired) electrons. The van der Waals surface area contributed by atoms with E-state index in [2.05, 4.69) is 26.1 Å². The highest BCUT2D eigenvalue weighted by Crippen LogP contribution is 2.68. The van der Waals surface area contributed by atoms with Crippen LogP contribution in [0.2, 0.25) is 0 Å². The second-order valence-corrected chi connectivity index (χ2v) is 14.2. The van der Waals surface area contributed by atoms with Gasteiger partial charge in [0.1, 0.15) is 0 Å². The highest BCUT2D eigenvalue weighted by atomic mass is 32.2. The van der Waals surface area contributed by atoms with Crippen LogP contribution in [0, 0.1) is 46.3 Å². The number of hydrogen-bond acceptors (Lipinski definition) is 5. The fraction of sp³-hybridized carbons (Fsp3) is 0.962. The summed E-state index contributed by atoms with van der Waals surface area (Å²) in [5.74, 6) is 2.36. The van der Waals surface area contributed by atoms with Crippen molar-refractivity contribution in [2.45, 2.75) is 97.2 Å². The van der Waals surface area contributed by atoms with Gasteiger partial charge in [0.15, 0.2) is 0 Å². The minimum atomic E-state index is -4.06. The Kier molecular flexibility index (Phi) is 7.47. The standard InChI is InChI=1S/C26H45NO6S/c1-16(4-7-24(30)27-12-13-34(31,32)33)19-5-6-20-18-15-23(29)22-14-17(28)8-10-26(22,3)21(18)9-11-25(19,20)2/h16-23,28-29H,4-15H2,1-3H3,(H,27,30)(H,31,32,33). The number of aliphatic hydroxyl groups excluding tert-OH is 2. The van der Waals surface area contributed by atoms with Crippen LogP contribution in [0.15, 0.2) is 0 Å². The van der Waals surface area contributed by atoms with Crippen LogP contribution in [0.4, 0.5) is 0 Å². The van der Waals surface area contributed by atoms with E-state index in [0.29, 0.717) is 36.0 Å². The van der Waals surface area contributed by atoms with Crippen molar-refractivity contribution in [2.75, 3.05) is 12.3 Å². The van der Waals surface area contributed by atoms with Crippen molar-refractivity contribution in [3.8, 4) is 0 Å². The van der Waals surface area contributed by atoms with Crippen molar-refractivity contribution < 1.29 is 28.0 Å². The molecule has 0 aromatic rings. The number of hydrogen-bond donors (Lipinski definition) is 4. The highest BCUT2D eigenvalue weighted by molar-refractivity contribution is 7.85. The predicted molar refractivity (Wildman–Crippen MR) is 130 cm³/mol. The summed E-state index contributed by atoms with van der Waals surface area (Å²) >= 11 is 0. The second-order valence-electron chi connectivity index (χ2n) is 12.6. The van der Waals surface area contributed by atoms with Gasteiger partial charge in [-0.1, -0.05) is 20.8 Å². The molecule has 4 fully saturated rings. The number of carbonyl (C=O) groups excluding carboxylic acids is 1. The van der Waals surface area contributed by atoms with Gasteiger partial charge in [0, 0.05) is 13.0 Å². The topological polar surface area (TPSA) is 124 Å². The zero-order valence-electron chi connectivity index (χ0n) is 21.1. The lowest BCUT2D eigenvalue weighted by Crippen LogP contribution is -2.58. The van der Waals surface area contributed by atoms with E-state index >= 15 is 0 Å². The minimum Gasteiger partial charge on any atom is -0.393 e. The number of amides is 1. The Bertz CT molecular complexity index is 863. The zero-order valence-corrected chi connectivity index (χ0v) is 21.9.